The van der Waals surface area contributed by atoms with Crippen molar-refractivity contribution in [1.82, 2.24) is 19.6 Å². The summed E-state index contributed by atoms with van der Waals surface area (Å²) in [5.41, 5.74) is 2.12. The highest BCUT2D eigenvalue weighted by Gasteiger charge is 2.25. The highest BCUT2D eigenvalue weighted by molar-refractivity contribution is 7.89. The van der Waals surface area contributed by atoms with Gasteiger partial charge in [0, 0.05) is 31.5 Å². The number of nitrogens with one attached hydrogen (secondary N) is 1. The fraction of sp³-hybridized carbons (Fsp3) is 0.200. The number of carbonyl (C=O) groups is 1. The first-order valence-electron chi connectivity index (χ1n) is 8.98. The summed E-state index contributed by atoms with van der Waals surface area (Å²) in [4.78, 5) is 17.2. The van der Waals surface area contributed by atoms with Crippen molar-refractivity contribution in [3.8, 4) is 0 Å². The first-order chi connectivity index (χ1) is 14.3. The lowest BCUT2D eigenvalue weighted by Crippen LogP contribution is -2.27. The fourth-order valence-corrected chi connectivity index (χ4v) is 4.28. The molecule has 2 aromatic carbocycles. The summed E-state index contributed by atoms with van der Waals surface area (Å²) in [6, 6.07) is 13.6. The van der Waals surface area contributed by atoms with Crippen LogP contribution >= 0.6 is 11.6 Å². The van der Waals surface area contributed by atoms with Crippen LogP contribution in [-0.4, -0.2) is 42.7 Å². The Balaban J connectivity index is 1.77. The molecule has 10 heteroatoms. The number of nitrogens with zero attached hydrogens (tertiary/aromatic N) is 3. The molecule has 8 nitrogen and oxygen atoms in total. The highest BCUT2D eigenvalue weighted by atomic mass is 35.5. The molecule has 0 saturated heterocycles. The molecule has 0 atom stereocenters. The van der Waals surface area contributed by atoms with Gasteiger partial charge < -0.3 is 5.32 Å². The molecule has 30 heavy (non-hydrogen) atoms. The molecule has 1 heterocycles. The van der Waals surface area contributed by atoms with Crippen LogP contribution in [0, 0.1) is 0 Å². The largest absolute Gasteiger partial charge is 0.348 e. The van der Waals surface area contributed by atoms with Gasteiger partial charge in [-0.15, -0.1) is 0 Å². The molecule has 0 aliphatic heterocycles. The minimum atomic E-state index is -3.99. The Bertz CT molecular complexity index is 1130. The van der Waals surface area contributed by atoms with E-state index in [9.17, 15) is 13.2 Å². The van der Waals surface area contributed by atoms with Crippen LogP contribution in [0.15, 0.2) is 65.8 Å². The van der Waals surface area contributed by atoms with E-state index in [2.05, 4.69) is 10.4 Å². The number of halogens is 1. The van der Waals surface area contributed by atoms with Gasteiger partial charge in [-0.2, -0.15) is 5.10 Å². The summed E-state index contributed by atoms with van der Waals surface area (Å²) >= 11 is 6.05. The third-order valence-electron chi connectivity index (χ3n) is 4.52. The number of hydroxylamine groups is 1. The Morgan fingerprint density at radius 2 is 1.93 bits per heavy atom. The van der Waals surface area contributed by atoms with Crippen molar-refractivity contribution in [3.63, 3.8) is 0 Å². The summed E-state index contributed by atoms with van der Waals surface area (Å²) < 4.78 is 27.5. The molecule has 158 valence electrons. The van der Waals surface area contributed by atoms with Crippen LogP contribution in [0.4, 0.5) is 0 Å². The maximum Gasteiger partial charge on any atom is 0.266 e. The predicted octanol–water partition coefficient (Wildman–Crippen LogP) is 2.70. The van der Waals surface area contributed by atoms with Crippen LogP contribution < -0.4 is 5.32 Å². The third-order valence-corrected chi connectivity index (χ3v) is 6.68. The van der Waals surface area contributed by atoms with Gasteiger partial charge in [-0.05, 0) is 35.4 Å². The third kappa shape index (κ3) is 4.88. The van der Waals surface area contributed by atoms with Crippen molar-refractivity contribution in [2.75, 3.05) is 14.2 Å². The number of hydrogen-bond donors (Lipinski definition) is 1. The number of hydrogen-bond acceptors (Lipinski definition) is 5. The van der Waals surface area contributed by atoms with Crippen molar-refractivity contribution in [2.45, 2.75) is 18.0 Å². The van der Waals surface area contributed by atoms with Crippen LogP contribution in [0.5, 0.6) is 0 Å². The van der Waals surface area contributed by atoms with E-state index in [1.54, 1.807) is 10.9 Å². The Labute approximate surface area is 180 Å². The van der Waals surface area contributed by atoms with Crippen LogP contribution in [0.25, 0.3) is 0 Å². The summed E-state index contributed by atoms with van der Waals surface area (Å²) in [6.45, 7) is 0.852. The van der Waals surface area contributed by atoms with E-state index in [0.29, 0.717) is 11.0 Å². The lowest BCUT2D eigenvalue weighted by atomic mass is 10.1. The zero-order valence-electron chi connectivity index (χ0n) is 16.4. The van der Waals surface area contributed by atoms with Gasteiger partial charge in [0.1, 0.15) is 4.90 Å². The second-order valence-corrected chi connectivity index (χ2v) is 8.71. The molecule has 3 aromatic rings. The van der Waals surface area contributed by atoms with E-state index in [-0.39, 0.29) is 22.0 Å². The summed E-state index contributed by atoms with van der Waals surface area (Å²) in [7, 11) is -1.52. The second kappa shape index (κ2) is 9.40. The van der Waals surface area contributed by atoms with Gasteiger partial charge in [-0.1, -0.05) is 40.3 Å². The monoisotopic (exact) mass is 448 g/mol. The highest BCUT2D eigenvalue weighted by Crippen LogP contribution is 2.25. The van der Waals surface area contributed by atoms with Crippen molar-refractivity contribution in [3.05, 3.63) is 82.6 Å². The molecule has 0 fully saturated rings. The molecule has 1 amide bonds. The SMILES string of the molecule is CON(C)S(=O)(=O)c1cc(C(=O)NCc2ccccc2Cn2cccn2)ccc1Cl. The lowest BCUT2D eigenvalue weighted by Gasteiger charge is -2.16. The fourth-order valence-electron chi connectivity index (χ4n) is 2.81. The normalized spacial score (nSPS) is 11.6. The van der Waals surface area contributed by atoms with E-state index in [1.165, 1.54) is 32.4 Å². The molecule has 3 rings (SSSR count). The average Bonchev–Trinajstić information content (AvgIpc) is 3.25. The molecule has 0 aliphatic rings. The molecule has 0 radical (unpaired) electrons. The predicted molar refractivity (Wildman–Crippen MR) is 112 cm³/mol. The molecule has 1 N–H and O–H groups in total. The Morgan fingerprint density at radius 1 is 1.20 bits per heavy atom. The molecule has 0 unspecified atom stereocenters. The van der Waals surface area contributed by atoms with Gasteiger partial charge in [-0.3, -0.25) is 14.3 Å². The number of amides is 1. The Hall–Kier alpha value is -2.72. The Morgan fingerprint density at radius 3 is 2.60 bits per heavy atom. The molecular weight excluding hydrogens is 428 g/mol. The first kappa shape index (κ1) is 22.0. The van der Waals surface area contributed by atoms with Crippen LogP contribution in [0.2, 0.25) is 5.02 Å². The van der Waals surface area contributed by atoms with Crippen LogP contribution in [-0.2, 0) is 28.0 Å². The minimum absolute atomic E-state index is 0.0000169. The lowest BCUT2D eigenvalue weighted by molar-refractivity contribution is -0.0258. The number of rotatable bonds is 8. The zero-order valence-corrected chi connectivity index (χ0v) is 18.0. The van der Waals surface area contributed by atoms with Gasteiger partial charge in [0.25, 0.3) is 15.9 Å². The molecule has 1 aromatic heterocycles. The van der Waals surface area contributed by atoms with Crippen molar-refractivity contribution in [1.29, 1.82) is 0 Å². The van der Waals surface area contributed by atoms with Gasteiger partial charge in [0.05, 0.1) is 18.7 Å². The van der Waals surface area contributed by atoms with E-state index in [4.69, 9.17) is 16.4 Å². The first-order valence-corrected chi connectivity index (χ1v) is 10.8. The molecular formula is C20H21ClN4O4S. The maximum atomic E-state index is 12.7. The van der Waals surface area contributed by atoms with Crippen LogP contribution in [0.3, 0.4) is 0 Å². The maximum absolute atomic E-state index is 12.7. The number of sulfonamides is 1. The van der Waals surface area contributed by atoms with E-state index < -0.39 is 15.9 Å². The van der Waals surface area contributed by atoms with Crippen LogP contribution in [0.1, 0.15) is 21.5 Å². The zero-order chi connectivity index (χ0) is 21.7. The number of carbonyl (C=O) groups excluding carboxylic acids is 1. The Kier molecular flexibility index (Phi) is 6.88. The van der Waals surface area contributed by atoms with E-state index in [0.717, 1.165) is 11.1 Å². The van der Waals surface area contributed by atoms with E-state index in [1.807, 2.05) is 36.5 Å². The molecule has 0 spiro atoms. The van der Waals surface area contributed by atoms with Gasteiger partial charge >= 0.3 is 0 Å². The van der Waals surface area contributed by atoms with Gasteiger partial charge in [0.2, 0.25) is 0 Å². The smallest absolute Gasteiger partial charge is 0.266 e. The van der Waals surface area contributed by atoms with Crippen molar-refractivity contribution < 1.29 is 18.0 Å². The van der Waals surface area contributed by atoms with E-state index >= 15 is 0 Å². The summed E-state index contributed by atoms with van der Waals surface area (Å²) in [5, 5.41) is 7.03. The van der Waals surface area contributed by atoms with Crippen molar-refractivity contribution >= 4 is 27.5 Å². The summed E-state index contributed by atoms with van der Waals surface area (Å²) in [5.74, 6) is -0.419. The second-order valence-electron chi connectivity index (χ2n) is 6.40. The van der Waals surface area contributed by atoms with Crippen molar-refractivity contribution in [2.24, 2.45) is 0 Å². The average molecular weight is 449 g/mol. The molecule has 0 aliphatic carbocycles. The van der Waals surface area contributed by atoms with Gasteiger partial charge in [0.15, 0.2) is 0 Å². The number of benzene rings is 2. The molecule has 0 saturated carbocycles. The minimum Gasteiger partial charge on any atom is -0.348 e. The topological polar surface area (TPSA) is 93.5 Å². The van der Waals surface area contributed by atoms with Gasteiger partial charge in [-0.25, -0.2) is 8.42 Å². The number of aromatic nitrogens is 2. The summed E-state index contributed by atoms with van der Waals surface area (Å²) in [6.07, 6.45) is 3.57. The molecule has 0 bridgehead atoms. The standard InChI is InChI=1S/C20H21ClN4O4S/c1-24(29-2)30(27,28)19-12-15(8-9-18(19)21)20(26)22-13-16-6-3-4-7-17(16)14-25-11-5-10-23-25/h3-12H,13-14H2,1-2H3,(H,22,26). The quantitative estimate of drug-likeness (QED) is 0.535.